The lowest BCUT2D eigenvalue weighted by Crippen LogP contribution is -2.45. The fourth-order valence-electron chi connectivity index (χ4n) is 4.44. The number of urea groups is 1. The Morgan fingerprint density at radius 2 is 1.78 bits per heavy atom. The van der Waals surface area contributed by atoms with Crippen LogP contribution in [0.5, 0.6) is 5.88 Å². The van der Waals surface area contributed by atoms with Crippen molar-refractivity contribution in [2.45, 2.75) is 70.8 Å². The van der Waals surface area contributed by atoms with Crippen LogP contribution in [0.4, 0.5) is 16.2 Å². The first-order chi connectivity index (χ1) is 15.5. The number of amides is 2. The molecule has 1 saturated heterocycles. The molecule has 2 heterocycles. The SMILES string of the molecule is CC1CN(c2ccc(NC(=O)NCc3ccc(OC4CCCCC4)nc3)cc2)CC(C)O1. The van der Waals surface area contributed by atoms with Crippen LogP contribution in [0.1, 0.15) is 51.5 Å². The minimum absolute atomic E-state index is 0.213. The number of benzene rings is 1. The van der Waals surface area contributed by atoms with Gasteiger partial charge in [-0.15, -0.1) is 0 Å². The van der Waals surface area contributed by atoms with Crippen LogP contribution in [0, 0.1) is 0 Å². The maximum absolute atomic E-state index is 12.3. The van der Waals surface area contributed by atoms with Gasteiger partial charge in [0.05, 0.1) is 12.2 Å². The van der Waals surface area contributed by atoms with E-state index in [2.05, 4.69) is 34.4 Å². The van der Waals surface area contributed by atoms with Gasteiger partial charge in [0.15, 0.2) is 0 Å². The highest BCUT2D eigenvalue weighted by atomic mass is 16.5. The minimum Gasteiger partial charge on any atom is -0.474 e. The number of aromatic nitrogens is 1. The van der Waals surface area contributed by atoms with Gasteiger partial charge < -0.3 is 25.0 Å². The summed E-state index contributed by atoms with van der Waals surface area (Å²) in [4.78, 5) is 19.0. The van der Waals surface area contributed by atoms with Crippen molar-refractivity contribution in [3.05, 3.63) is 48.2 Å². The molecule has 7 nitrogen and oxygen atoms in total. The molecule has 0 radical (unpaired) electrons. The predicted octanol–water partition coefficient (Wildman–Crippen LogP) is 4.73. The lowest BCUT2D eigenvalue weighted by molar-refractivity contribution is -0.00521. The van der Waals surface area contributed by atoms with Crippen LogP contribution in [-0.4, -0.2) is 42.4 Å². The second kappa shape index (κ2) is 10.7. The molecule has 4 rings (SSSR count). The molecule has 2 fully saturated rings. The van der Waals surface area contributed by atoms with E-state index in [1.807, 2.05) is 36.4 Å². The molecule has 2 amide bonds. The number of carbonyl (C=O) groups excluding carboxylic acids is 1. The summed E-state index contributed by atoms with van der Waals surface area (Å²) >= 11 is 0. The molecule has 172 valence electrons. The Labute approximate surface area is 190 Å². The van der Waals surface area contributed by atoms with Crippen molar-refractivity contribution < 1.29 is 14.3 Å². The second-order valence-corrected chi connectivity index (χ2v) is 8.90. The summed E-state index contributed by atoms with van der Waals surface area (Å²) in [6, 6.07) is 11.5. The molecule has 2 aromatic rings. The predicted molar refractivity (Wildman–Crippen MR) is 126 cm³/mol. The van der Waals surface area contributed by atoms with Crippen molar-refractivity contribution in [1.29, 1.82) is 0 Å². The van der Waals surface area contributed by atoms with Crippen LogP contribution >= 0.6 is 0 Å². The Bertz CT molecular complexity index is 856. The molecule has 1 aliphatic carbocycles. The standard InChI is InChI=1S/C25H34N4O3/c1-18-16-29(17-19(2)31-18)22-11-9-21(10-12-22)28-25(30)27-15-20-8-13-24(26-14-20)32-23-6-4-3-5-7-23/h8-14,18-19,23H,3-7,15-17H2,1-2H3,(H2,27,28,30). The number of anilines is 2. The topological polar surface area (TPSA) is 75.7 Å². The largest absolute Gasteiger partial charge is 0.474 e. The van der Waals surface area contributed by atoms with E-state index in [-0.39, 0.29) is 24.3 Å². The van der Waals surface area contributed by atoms with Crippen LogP contribution in [0.15, 0.2) is 42.6 Å². The molecule has 2 aliphatic rings. The summed E-state index contributed by atoms with van der Waals surface area (Å²) in [5.74, 6) is 0.661. The van der Waals surface area contributed by atoms with E-state index < -0.39 is 0 Å². The summed E-state index contributed by atoms with van der Waals surface area (Å²) in [5.41, 5.74) is 2.83. The van der Waals surface area contributed by atoms with Crippen LogP contribution in [0.3, 0.4) is 0 Å². The number of hydrogen-bond donors (Lipinski definition) is 2. The monoisotopic (exact) mass is 438 g/mol. The van der Waals surface area contributed by atoms with Crippen molar-refractivity contribution in [3.8, 4) is 5.88 Å². The van der Waals surface area contributed by atoms with Gasteiger partial charge in [0.2, 0.25) is 5.88 Å². The van der Waals surface area contributed by atoms with E-state index in [0.717, 1.165) is 42.9 Å². The number of nitrogens with zero attached hydrogens (tertiary/aromatic N) is 2. The first kappa shape index (κ1) is 22.4. The van der Waals surface area contributed by atoms with E-state index in [4.69, 9.17) is 9.47 Å². The molecule has 32 heavy (non-hydrogen) atoms. The van der Waals surface area contributed by atoms with Crippen molar-refractivity contribution in [2.24, 2.45) is 0 Å². The van der Waals surface area contributed by atoms with E-state index in [1.54, 1.807) is 6.20 Å². The molecule has 7 heteroatoms. The number of nitrogens with one attached hydrogen (secondary N) is 2. The molecule has 1 saturated carbocycles. The molecule has 1 aliphatic heterocycles. The number of ether oxygens (including phenoxy) is 2. The number of carbonyl (C=O) groups is 1. The normalized spacial score (nSPS) is 21.8. The fraction of sp³-hybridized carbons (Fsp3) is 0.520. The van der Waals surface area contributed by atoms with E-state index in [9.17, 15) is 4.79 Å². The lowest BCUT2D eigenvalue weighted by Gasteiger charge is -2.36. The average Bonchev–Trinajstić information content (AvgIpc) is 2.79. The molecule has 1 aromatic heterocycles. The zero-order valence-electron chi connectivity index (χ0n) is 19.0. The zero-order valence-corrected chi connectivity index (χ0v) is 19.0. The lowest BCUT2D eigenvalue weighted by atomic mass is 9.98. The van der Waals surface area contributed by atoms with Gasteiger partial charge in [-0.3, -0.25) is 0 Å². The summed E-state index contributed by atoms with van der Waals surface area (Å²) in [6.07, 6.45) is 8.45. The molecule has 2 unspecified atom stereocenters. The Morgan fingerprint density at radius 1 is 1.06 bits per heavy atom. The number of rotatable bonds is 6. The average molecular weight is 439 g/mol. The van der Waals surface area contributed by atoms with Gasteiger partial charge in [-0.2, -0.15) is 0 Å². The van der Waals surface area contributed by atoms with E-state index >= 15 is 0 Å². The van der Waals surface area contributed by atoms with Gasteiger partial charge in [0.25, 0.3) is 0 Å². The molecule has 2 atom stereocenters. The Kier molecular flexibility index (Phi) is 7.47. The highest BCUT2D eigenvalue weighted by Gasteiger charge is 2.22. The summed E-state index contributed by atoms with van der Waals surface area (Å²) in [6.45, 7) is 6.34. The summed E-state index contributed by atoms with van der Waals surface area (Å²) in [7, 11) is 0. The van der Waals surface area contributed by atoms with Crippen molar-refractivity contribution in [1.82, 2.24) is 10.3 Å². The molecular formula is C25H34N4O3. The van der Waals surface area contributed by atoms with E-state index in [1.165, 1.54) is 19.3 Å². The van der Waals surface area contributed by atoms with Crippen molar-refractivity contribution >= 4 is 17.4 Å². The third-order valence-corrected chi connectivity index (χ3v) is 6.00. The number of hydrogen-bond acceptors (Lipinski definition) is 5. The summed E-state index contributed by atoms with van der Waals surface area (Å²) < 4.78 is 11.8. The fourth-order valence-corrected chi connectivity index (χ4v) is 4.44. The molecule has 1 aromatic carbocycles. The quantitative estimate of drug-likeness (QED) is 0.682. The van der Waals surface area contributed by atoms with Gasteiger partial charge in [-0.05, 0) is 69.4 Å². The third kappa shape index (κ3) is 6.36. The Morgan fingerprint density at radius 3 is 2.44 bits per heavy atom. The van der Waals surface area contributed by atoms with Crippen LogP contribution in [0.2, 0.25) is 0 Å². The highest BCUT2D eigenvalue weighted by Crippen LogP contribution is 2.23. The molecule has 0 spiro atoms. The minimum atomic E-state index is -0.242. The Balaban J connectivity index is 1.22. The van der Waals surface area contributed by atoms with Crippen LogP contribution < -0.4 is 20.3 Å². The van der Waals surface area contributed by atoms with Crippen LogP contribution in [-0.2, 0) is 11.3 Å². The van der Waals surface area contributed by atoms with Crippen molar-refractivity contribution in [2.75, 3.05) is 23.3 Å². The van der Waals surface area contributed by atoms with Crippen molar-refractivity contribution in [3.63, 3.8) is 0 Å². The number of pyridine rings is 1. The molecule has 2 N–H and O–H groups in total. The van der Waals surface area contributed by atoms with E-state index in [0.29, 0.717) is 12.4 Å². The molecular weight excluding hydrogens is 404 g/mol. The zero-order chi connectivity index (χ0) is 22.3. The first-order valence-electron chi connectivity index (χ1n) is 11.7. The number of morpholine rings is 1. The molecule has 0 bridgehead atoms. The van der Waals surface area contributed by atoms with Gasteiger partial charge in [-0.1, -0.05) is 12.5 Å². The smallest absolute Gasteiger partial charge is 0.319 e. The van der Waals surface area contributed by atoms with Gasteiger partial charge >= 0.3 is 6.03 Å². The Hall–Kier alpha value is -2.80. The van der Waals surface area contributed by atoms with Gasteiger partial charge in [0.1, 0.15) is 6.10 Å². The maximum atomic E-state index is 12.3. The first-order valence-corrected chi connectivity index (χ1v) is 11.7. The second-order valence-electron chi connectivity index (χ2n) is 8.90. The van der Waals surface area contributed by atoms with Crippen LogP contribution in [0.25, 0.3) is 0 Å². The highest BCUT2D eigenvalue weighted by molar-refractivity contribution is 5.89. The third-order valence-electron chi connectivity index (χ3n) is 6.00. The maximum Gasteiger partial charge on any atom is 0.319 e. The van der Waals surface area contributed by atoms with Gasteiger partial charge in [0, 0.05) is 43.3 Å². The summed E-state index contributed by atoms with van der Waals surface area (Å²) in [5, 5.41) is 5.77. The van der Waals surface area contributed by atoms with Gasteiger partial charge in [-0.25, -0.2) is 9.78 Å².